The number of ether oxygens (including phenoxy) is 1. The molecular weight excluding hydrogens is 440 g/mol. The van der Waals surface area contributed by atoms with E-state index in [0.29, 0.717) is 22.7 Å². The van der Waals surface area contributed by atoms with Crippen molar-refractivity contribution in [3.05, 3.63) is 69.9 Å². The molecule has 0 aliphatic carbocycles. The highest BCUT2D eigenvalue weighted by Gasteiger charge is 2.16. The molecule has 7 nitrogen and oxygen atoms in total. The van der Waals surface area contributed by atoms with Crippen LogP contribution in [0, 0.1) is 0 Å². The van der Waals surface area contributed by atoms with Crippen molar-refractivity contribution in [2.45, 2.75) is 27.3 Å². The van der Waals surface area contributed by atoms with E-state index in [0.717, 1.165) is 27.4 Å². The summed E-state index contributed by atoms with van der Waals surface area (Å²) in [4.78, 5) is 40.8. The number of benzene rings is 2. The highest BCUT2D eigenvalue weighted by Crippen LogP contribution is 2.32. The summed E-state index contributed by atoms with van der Waals surface area (Å²) in [5, 5.41) is 7.59. The van der Waals surface area contributed by atoms with E-state index in [2.05, 4.69) is 9.72 Å². The van der Waals surface area contributed by atoms with Gasteiger partial charge < -0.3 is 14.1 Å². The van der Waals surface area contributed by atoms with E-state index in [-0.39, 0.29) is 18.4 Å². The van der Waals surface area contributed by atoms with E-state index in [1.165, 1.54) is 25.2 Å². The number of oxime groups is 1. The fraction of sp³-hybridized carbons (Fsp3) is 0.200. The van der Waals surface area contributed by atoms with Gasteiger partial charge in [0.2, 0.25) is 5.78 Å². The molecule has 0 saturated carbocycles. The second kappa shape index (κ2) is 9.38. The topological polar surface area (TPSA) is 87.0 Å². The summed E-state index contributed by atoms with van der Waals surface area (Å²) < 4.78 is 7.22. The average Bonchev–Trinajstić information content (AvgIpc) is 3.43. The molecule has 8 heteroatoms. The van der Waals surface area contributed by atoms with Gasteiger partial charge in [0, 0.05) is 41.2 Å². The number of hydrogen-bond donors (Lipinski definition) is 0. The number of esters is 1. The molecule has 0 amide bonds. The monoisotopic (exact) mass is 462 g/mol. The van der Waals surface area contributed by atoms with Crippen molar-refractivity contribution < 1.29 is 24.0 Å². The largest absolute Gasteiger partial charge is 0.464 e. The van der Waals surface area contributed by atoms with Crippen LogP contribution in [0.25, 0.3) is 21.8 Å². The van der Waals surface area contributed by atoms with E-state index in [1.807, 2.05) is 53.9 Å². The number of carbonyl (C=O) groups is 3. The molecule has 0 aliphatic rings. The van der Waals surface area contributed by atoms with Crippen molar-refractivity contribution in [2.75, 3.05) is 6.61 Å². The molecule has 0 fully saturated rings. The zero-order valence-electron chi connectivity index (χ0n) is 18.5. The van der Waals surface area contributed by atoms with Crippen molar-refractivity contribution >= 4 is 56.6 Å². The molecule has 0 aliphatic heterocycles. The summed E-state index contributed by atoms with van der Waals surface area (Å²) in [5.41, 5.74) is 3.80. The molecule has 0 atom stereocenters. The molecular formula is C25H22N2O5S. The summed E-state index contributed by atoms with van der Waals surface area (Å²) in [6.07, 6.45) is 0. The van der Waals surface area contributed by atoms with Crippen LogP contribution in [0.1, 0.15) is 41.6 Å². The Balaban J connectivity index is 1.85. The lowest BCUT2D eigenvalue weighted by molar-refractivity contribution is -0.142. The molecule has 2 heterocycles. The summed E-state index contributed by atoms with van der Waals surface area (Å²) in [7, 11) is 0. The predicted octanol–water partition coefficient (Wildman–Crippen LogP) is 4.94. The maximum Gasteiger partial charge on any atom is 0.331 e. The van der Waals surface area contributed by atoms with Gasteiger partial charge in [-0.25, -0.2) is 4.79 Å². The standard InChI is InChI=1S/C25H22N2O5S/c1-15(26-32-17(3)29)18-6-8-22-20(13-18)21-14-19(25(30)24-5-4-12-33-24)7-9-23(21)27(22)10-11-31-16(2)28/h4-9,12-14H,10-11H2,1-3H3/b26-15+. The number of nitrogens with zero attached hydrogens (tertiary/aromatic N) is 2. The number of rotatable bonds is 7. The first kappa shape index (κ1) is 22.4. The Morgan fingerprint density at radius 3 is 2.18 bits per heavy atom. The van der Waals surface area contributed by atoms with Crippen LogP contribution in [0.15, 0.2) is 59.1 Å². The lowest BCUT2D eigenvalue weighted by Gasteiger charge is -2.08. The molecule has 2 aromatic carbocycles. The Hall–Kier alpha value is -3.78. The average molecular weight is 463 g/mol. The number of ketones is 1. The van der Waals surface area contributed by atoms with Gasteiger partial charge in [-0.15, -0.1) is 11.3 Å². The molecule has 0 bridgehead atoms. The quantitative estimate of drug-likeness (QED) is 0.128. The van der Waals surface area contributed by atoms with Crippen LogP contribution in [0.2, 0.25) is 0 Å². The maximum absolute atomic E-state index is 12.9. The first-order valence-corrected chi connectivity index (χ1v) is 11.2. The van der Waals surface area contributed by atoms with E-state index >= 15 is 0 Å². The fourth-order valence-corrected chi connectivity index (χ4v) is 4.41. The number of thiophene rings is 1. The summed E-state index contributed by atoms with van der Waals surface area (Å²) in [6.45, 7) is 5.14. The molecule has 33 heavy (non-hydrogen) atoms. The Morgan fingerprint density at radius 2 is 1.58 bits per heavy atom. The lowest BCUT2D eigenvalue weighted by atomic mass is 10.0. The number of aromatic nitrogens is 1. The van der Waals surface area contributed by atoms with Gasteiger partial charge in [0.05, 0.1) is 17.1 Å². The Bertz CT molecular complexity index is 1400. The molecule has 0 radical (unpaired) electrons. The van der Waals surface area contributed by atoms with Crippen LogP contribution >= 0.6 is 11.3 Å². The molecule has 0 N–H and O–H groups in total. The van der Waals surface area contributed by atoms with Gasteiger partial charge in [-0.3, -0.25) is 9.59 Å². The number of carbonyl (C=O) groups excluding carboxylic acids is 3. The number of hydrogen-bond acceptors (Lipinski definition) is 7. The summed E-state index contributed by atoms with van der Waals surface area (Å²) in [5.74, 6) is -0.857. The lowest BCUT2D eigenvalue weighted by Crippen LogP contribution is -2.08. The Morgan fingerprint density at radius 1 is 0.909 bits per heavy atom. The second-order valence-electron chi connectivity index (χ2n) is 7.52. The van der Waals surface area contributed by atoms with Gasteiger partial charge in [0.1, 0.15) is 6.61 Å². The fourth-order valence-electron chi connectivity index (χ4n) is 3.73. The van der Waals surface area contributed by atoms with Crippen molar-refractivity contribution in [1.82, 2.24) is 4.57 Å². The van der Waals surface area contributed by atoms with Crippen LogP contribution in [0.4, 0.5) is 0 Å². The van der Waals surface area contributed by atoms with Gasteiger partial charge in [-0.05, 0) is 54.3 Å². The van der Waals surface area contributed by atoms with E-state index in [4.69, 9.17) is 9.57 Å². The molecule has 168 valence electrons. The van der Waals surface area contributed by atoms with Crippen LogP contribution in [-0.2, 0) is 25.7 Å². The highest BCUT2D eigenvalue weighted by atomic mass is 32.1. The molecule has 2 aromatic heterocycles. The van der Waals surface area contributed by atoms with Crippen molar-refractivity contribution in [2.24, 2.45) is 5.16 Å². The SMILES string of the molecule is CC(=O)OCCn1c2ccc(C(=O)c3cccs3)cc2c2cc(/C(C)=N/OC(C)=O)ccc21. The van der Waals surface area contributed by atoms with Gasteiger partial charge >= 0.3 is 11.9 Å². The normalized spacial score (nSPS) is 11.7. The molecule has 0 spiro atoms. The van der Waals surface area contributed by atoms with Crippen LogP contribution < -0.4 is 0 Å². The zero-order chi connectivity index (χ0) is 23.5. The maximum atomic E-state index is 12.9. The van der Waals surface area contributed by atoms with E-state index in [9.17, 15) is 14.4 Å². The third-order valence-corrected chi connectivity index (χ3v) is 6.09. The summed E-state index contributed by atoms with van der Waals surface area (Å²) in [6, 6.07) is 15.1. The minimum absolute atomic E-state index is 0.0310. The summed E-state index contributed by atoms with van der Waals surface area (Å²) >= 11 is 1.41. The van der Waals surface area contributed by atoms with Crippen molar-refractivity contribution in [1.29, 1.82) is 0 Å². The predicted molar refractivity (Wildman–Crippen MR) is 128 cm³/mol. The Labute approximate surface area is 194 Å². The third-order valence-electron chi connectivity index (χ3n) is 5.22. The van der Waals surface area contributed by atoms with E-state index in [1.54, 1.807) is 6.92 Å². The van der Waals surface area contributed by atoms with Gasteiger partial charge in [-0.1, -0.05) is 17.3 Å². The molecule has 0 unspecified atom stereocenters. The first-order valence-electron chi connectivity index (χ1n) is 10.4. The Kier molecular flexibility index (Phi) is 6.37. The van der Waals surface area contributed by atoms with Crippen LogP contribution in [0.5, 0.6) is 0 Å². The third kappa shape index (κ3) is 4.70. The smallest absolute Gasteiger partial charge is 0.331 e. The highest BCUT2D eigenvalue weighted by molar-refractivity contribution is 7.12. The van der Waals surface area contributed by atoms with Gasteiger partial charge in [-0.2, -0.15) is 0 Å². The zero-order valence-corrected chi connectivity index (χ0v) is 19.3. The number of fused-ring (bicyclic) bond motifs is 3. The molecule has 0 saturated heterocycles. The van der Waals surface area contributed by atoms with Crippen LogP contribution in [-0.4, -0.2) is 34.6 Å². The van der Waals surface area contributed by atoms with E-state index < -0.39 is 5.97 Å². The first-order chi connectivity index (χ1) is 15.8. The van der Waals surface area contributed by atoms with Gasteiger partial charge in [0.25, 0.3) is 0 Å². The molecule has 4 rings (SSSR count). The van der Waals surface area contributed by atoms with Gasteiger partial charge in [0.15, 0.2) is 0 Å². The minimum atomic E-state index is -0.491. The van der Waals surface area contributed by atoms with Crippen LogP contribution in [0.3, 0.4) is 0 Å². The minimum Gasteiger partial charge on any atom is -0.464 e. The second-order valence-corrected chi connectivity index (χ2v) is 8.47. The van der Waals surface area contributed by atoms with Crippen molar-refractivity contribution in [3.63, 3.8) is 0 Å². The molecule has 4 aromatic rings. The van der Waals surface area contributed by atoms with Crippen molar-refractivity contribution in [3.8, 4) is 0 Å².